The number of nitrogen functional groups attached to an aromatic ring is 1. The number of anilines is 2. The molecule has 0 atom stereocenters. The highest BCUT2D eigenvalue weighted by Gasteiger charge is 2.05. The van der Waals surface area contributed by atoms with Crippen LogP contribution in [0.2, 0.25) is 0 Å². The Kier molecular flexibility index (Phi) is 3.33. The van der Waals surface area contributed by atoms with E-state index < -0.39 is 9.84 Å². The van der Waals surface area contributed by atoms with Crippen molar-refractivity contribution >= 4 is 32.2 Å². The second-order valence-electron chi connectivity index (χ2n) is 4.06. The number of aromatic nitrogens is 2. The number of sulfone groups is 1. The van der Waals surface area contributed by atoms with Crippen LogP contribution in [0.25, 0.3) is 10.9 Å². The van der Waals surface area contributed by atoms with Crippen LogP contribution in [0.1, 0.15) is 0 Å². The van der Waals surface area contributed by atoms with Crippen molar-refractivity contribution in [3.8, 4) is 0 Å². The van der Waals surface area contributed by atoms with E-state index in [4.69, 9.17) is 5.73 Å². The van der Waals surface area contributed by atoms with Crippen LogP contribution in [0, 0.1) is 0 Å². The van der Waals surface area contributed by atoms with E-state index in [2.05, 4.69) is 15.3 Å². The minimum absolute atomic E-state index is 0.0564. The minimum Gasteiger partial charge on any atom is -0.399 e. The van der Waals surface area contributed by atoms with Gasteiger partial charge in [-0.05, 0) is 18.2 Å². The maximum absolute atomic E-state index is 11.0. The van der Waals surface area contributed by atoms with Gasteiger partial charge in [-0.2, -0.15) is 0 Å². The molecule has 0 aliphatic rings. The third kappa shape index (κ3) is 3.07. The molecule has 0 spiro atoms. The normalized spacial score (nSPS) is 11.6. The van der Waals surface area contributed by atoms with Gasteiger partial charge in [-0.25, -0.2) is 18.4 Å². The zero-order chi connectivity index (χ0) is 13.2. The molecule has 0 fully saturated rings. The summed E-state index contributed by atoms with van der Waals surface area (Å²) in [5.74, 6) is 0.650. The number of hydrogen-bond donors (Lipinski definition) is 2. The molecule has 0 unspecified atom stereocenters. The molecule has 1 heterocycles. The highest BCUT2D eigenvalue weighted by molar-refractivity contribution is 7.90. The van der Waals surface area contributed by atoms with E-state index in [0.717, 1.165) is 10.9 Å². The summed E-state index contributed by atoms with van der Waals surface area (Å²) in [6.45, 7) is 0.305. The van der Waals surface area contributed by atoms with E-state index in [1.165, 1.54) is 12.6 Å². The smallest absolute Gasteiger partial charge is 0.149 e. The molecule has 1 aromatic heterocycles. The second-order valence-corrected chi connectivity index (χ2v) is 6.32. The molecule has 0 aliphatic carbocycles. The molecule has 0 radical (unpaired) electrons. The van der Waals surface area contributed by atoms with Gasteiger partial charge >= 0.3 is 0 Å². The van der Waals surface area contributed by atoms with E-state index >= 15 is 0 Å². The summed E-state index contributed by atoms with van der Waals surface area (Å²) in [7, 11) is -2.99. The first kappa shape index (κ1) is 12.6. The standard InChI is InChI=1S/C11H14N4O2S/c1-18(16,17)5-4-13-11-9-6-8(12)2-3-10(9)14-7-15-11/h2-3,6-7H,4-5,12H2,1H3,(H,13,14,15). The molecule has 2 aromatic rings. The topological polar surface area (TPSA) is 98.0 Å². The van der Waals surface area contributed by atoms with E-state index in [1.807, 2.05) is 0 Å². The number of hydrogen-bond acceptors (Lipinski definition) is 6. The summed E-state index contributed by atoms with van der Waals surface area (Å²) >= 11 is 0. The molecular formula is C11H14N4O2S. The molecule has 2 rings (SSSR count). The van der Waals surface area contributed by atoms with E-state index in [9.17, 15) is 8.42 Å². The first-order valence-corrected chi connectivity index (χ1v) is 7.43. The van der Waals surface area contributed by atoms with Gasteiger partial charge in [0.1, 0.15) is 22.0 Å². The molecule has 96 valence electrons. The lowest BCUT2D eigenvalue weighted by Crippen LogP contribution is -2.15. The van der Waals surface area contributed by atoms with Gasteiger partial charge in [0.2, 0.25) is 0 Å². The maximum atomic E-state index is 11.0. The van der Waals surface area contributed by atoms with E-state index in [1.54, 1.807) is 18.2 Å². The molecule has 0 aliphatic heterocycles. The molecule has 0 saturated carbocycles. The van der Waals surface area contributed by atoms with Crippen molar-refractivity contribution in [2.75, 3.05) is 29.6 Å². The minimum atomic E-state index is -2.99. The van der Waals surface area contributed by atoms with Crippen LogP contribution in [0.15, 0.2) is 24.5 Å². The highest BCUT2D eigenvalue weighted by atomic mass is 32.2. The van der Waals surface area contributed by atoms with Crippen LogP contribution >= 0.6 is 0 Å². The number of rotatable bonds is 4. The molecule has 7 heteroatoms. The maximum Gasteiger partial charge on any atom is 0.149 e. The molecule has 0 saturated heterocycles. The summed E-state index contributed by atoms with van der Waals surface area (Å²) in [5.41, 5.74) is 7.09. The zero-order valence-corrected chi connectivity index (χ0v) is 10.7. The Morgan fingerprint density at radius 2 is 2.11 bits per heavy atom. The molecular weight excluding hydrogens is 252 g/mol. The Morgan fingerprint density at radius 3 is 2.83 bits per heavy atom. The van der Waals surface area contributed by atoms with Gasteiger partial charge in [-0.1, -0.05) is 0 Å². The first-order chi connectivity index (χ1) is 8.46. The molecule has 1 aromatic carbocycles. The van der Waals surface area contributed by atoms with Crippen LogP contribution in [0.4, 0.5) is 11.5 Å². The fourth-order valence-corrected chi connectivity index (χ4v) is 2.04. The predicted octanol–water partition coefficient (Wildman–Crippen LogP) is 0.668. The summed E-state index contributed by atoms with van der Waals surface area (Å²) in [6.07, 6.45) is 2.63. The van der Waals surface area contributed by atoms with Crippen LogP contribution in [0.5, 0.6) is 0 Å². The van der Waals surface area contributed by atoms with Gasteiger partial charge in [-0.3, -0.25) is 0 Å². The third-order valence-corrected chi connectivity index (χ3v) is 3.37. The number of nitrogens with zero attached hydrogens (tertiary/aromatic N) is 2. The largest absolute Gasteiger partial charge is 0.399 e. The Bertz CT molecular complexity index is 670. The Labute approximate surface area is 105 Å². The number of nitrogens with two attached hydrogens (primary N) is 1. The third-order valence-electron chi connectivity index (χ3n) is 2.42. The number of nitrogens with one attached hydrogen (secondary N) is 1. The predicted molar refractivity (Wildman–Crippen MR) is 72.2 cm³/mol. The van der Waals surface area contributed by atoms with Crippen molar-refractivity contribution < 1.29 is 8.42 Å². The first-order valence-electron chi connectivity index (χ1n) is 5.37. The SMILES string of the molecule is CS(=O)(=O)CCNc1ncnc2ccc(N)cc12. The van der Waals surface area contributed by atoms with E-state index in [-0.39, 0.29) is 5.75 Å². The second kappa shape index (κ2) is 4.77. The van der Waals surface area contributed by atoms with E-state index in [0.29, 0.717) is 18.1 Å². The lowest BCUT2D eigenvalue weighted by atomic mass is 10.2. The number of fused-ring (bicyclic) bond motifs is 1. The Balaban J connectivity index is 2.25. The highest BCUT2D eigenvalue weighted by Crippen LogP contribution is 2.21. The van der Waals surface area contributed by atoms with Crippen LogP contribution in [-0.2, 0) is 9.84 Å². The Hall–Kier alpha value is -1.89. The van der Waals surface area contributed by atoms with Gasteiger partial charge in [0.05, 0.1) is 11.3 Å². The summed E-state index contributed by atoms with van der Waals surface area (Å²) in [5, 5.41) is 3.77. The van der Waals surface area contributed by atoms with Crippen LogP contribution < -0.4 is 11.1 Å². The number of benzene rings is 1. The quantitative estimate of drug-likeness (QED) is 0.789. The van der Waals surface area contributed by atoms with Gasteiger partial charge < -0.3 is 11.1 Å². The molecule has 6 nitrogen and oxygen atoms in total. The van der Waals surface area contributed by atoms with Gasteiger partial charge in [0, 0.05) is 23.9 Å². The van der Waals surface area contributed by atoms with Crippen molar-refractivity contribution in [1.29, 1.82) is 0 Å². The van der Waals surface area contributed by atoms with Crippen molar-refractivity contribution in [3.05, 3.63) is 24.5 Å². The van der Waals surface area contributed by atoms with Crippen LogP contribution in [0.3, 0.4) is 0 Å². The summed E-state index contributed by atoms with van der Waals surface area (Å²) in [6, 6.07) is 5.32. The zero-order valence-electron chi connectivity index (χ0n) is 9.92. The average Bonchev–Trinajstić information content (AvgIpc) is 2.28. The molecule has 3 N–H and O–H groups in total. The molecule has 18 heavy (non-hydrogen) atoms. The van der Waals surface area contributed by atoms with Crippen molar-refractivity contribution in [2.24, 2.45) is 0 Å². The van der Waals surface area contributed by atoms with Crippen molar-refractivity contribution in [3.63, 3.8) is 0 Å². The Morgan fingerprint density at radius 1 is 1.33 bits per heavy atom. The van der Waals surface area contributed by atoms with Crippen LogP contribution in [-0.4, -0.2) is 36.9 Å². The summed E-state index contributed by atoms with van der Waals surface area (Å²) in [4.78, 5) is 8.21. The lowest BCUT2D eigenvalue weighted by Gasteiger charge is -2.08. The van der Waals surface area contributed by atoms with Crippen molar-refractivity contribution in [1.82, 2.24) is 9.97 Å². The average molecular weight is 266 g/mol. The van der Waals surface area contributed by atoms with Gasteiger partial charge in [0.25, 0.3) is 0 Å². The van der Waals surface area contributed by atoms with Gasteiger partial charge in [-0.15, -0.1) is 0 Å². The monoisotopic (exact) mass is 266 g/mol. The molecule has 0 bridgehead atoms. The molecule has 0 amide bonds. The fourth-order valence-electron chi connectivity index (χ4n) is 1.57. The fraction of sp³-hybridized carbons (Fsp3) is 0.273. The lowest BCUT2D eigenvalue weighted by molar-refractivity contribution is 0.602. The van der Waals surface area contributed by atoms with Crippen molar-refractivity contribution in [2.45, 2.75) is 0 Å². The summed E-state index contributed by atoms with van der Waals surface area (Å²) < 4.78 is 22.1. The van der Waals surface area contributed by atoms with Gasteiger partial charge in [0.15, 0.2) is 0 Å².